The Bertz CT molecular complexity index is 1510. The Labute approximate surface area is 229 Å². The SMILES string of the molecule is COOCc1ccnc(-c2cc(COOC)cc(-c3cc(C(=O)OC)cc(-c4cc(C(=O)OC)ccn4)n3)n2)c1. The van der Waals surface area contributed by atoms with Crippen LogP contribution in [0.2, 0.25) is 0 Å². The Hall–Kier alpha value is -4.62. The predicted molar refractivity (Wildman–Crippen MR) is 140 cm³/mol. The van der Waals surface area contributed by atoms with Crippen LogP contribution in [0, 0.1) is 0 Å². The van der Waals surface area contributed by atoms with Crippen molar-refractivity contribution >= 4 is 11.9 Å². The maximum atomic E-state index is 12.6. The molecule has 12 heteroatoms. The number of rotatable bonds is 11. The number of ether oxygens (including phenoxy) is 2. The van der Waals surface area contributed by atoms with Crippen molar-refractivity contribution in [2.75, 3.05) is 28.4 Å². The van der Waals surface area contributed by atoms with E-state index in [1.165, 1.54) is 52.8 Å². The fraction of sp³-hybridized carbons (Fsp3) is 0.214. The molecule has 4 heterocycles. The first-order chi connectivity index (χ1) is 19.4. The van der Waals surface area contributed by atoms with Gasteiger partial charge in [0.25, 0.3) is 0 Å². The van der Waals surface area contributed by atoms with E-state index in [2.05, 4.69) is 9.97 Å². The van der Waals surface area contributed by atoms with Crippen molar-refractivity contribution in [1.82, 2.24) is 19.9 Å². The van der Waals surface area contributed by atoms with Gasteiger partial charge in [-0.1, -0.05) is 0 Å². The van der Waals surface area contributed by atoms with Gasteiger partial charge in [0.1, 0.15) is 13.2 Å². The van der Waals surface area contributed by atoms with Gasteiger partial charge in [-0.15, -0.1) is 0 Å². The molecule has 0 aliphatic rings. The van der Waals surface area contributed by atoms with E-state index >= 15 is 0 Å². The van der Waals surface area contributed by atoms with E-state index in [0.29, 0.717) is 39.7 Å². The van der Waals surface area contributed by atoms with Gasteiger partial charge in [-0.05, 0) is 59.7 Å². The molecule has 4 aromatic rings. The summed E-state index contributed by atoms with van der Waals surface area (Å²) in [6, 6.07) is 13.3. The lowest BCUT2D eigenvalue weighted by atomic mass is 10.1. The molecule has 0 saturated heterocycles. The zero-order valence-electron chi connectivity index (χ0n) is 22.2. The molecule has 0 radical (unpaired) electrons. The zero-order valence-corrected chi connectivity index (χ0v) is 22.2. The molecule has 12 nitrogen and oxygen atoms in total. The molecule has 4 aromatic heterocycles. The topological polar surface area (TPSA) is 141 Å². The highest BCUT2D eigenvalue weighted by molar-refractivity contribution is 5.93. The number of pyridine rings is 4. The van der Waals surface area contributed by atoms with E-state index in [9.17, 15) is 9.59 Å². The number of aromatic nitrogens is 4. The van der Waals surface area contributed by atoms with E-state index in [1.807, 2.05) is 6.07 Å². The highest BCUT2D eigenvalue weighted by atomic mass is 17.2. The molecule has 0 N–H and O–H groups in total. The first kappa shape index (κ1) is 28.4. The van der Waals surface area contributed by atoms with Gasteiger partial charge >= 0.3 is 11.9 Å². The maximum Gasteiger partial charge on any atom is 0.338 e. The minimum absolute atomic E-state index is 0.109. The fourth-order valence-electron chi connectivity index (χ4n) is 3.74. The Morgan fingerprint density at radius 3 is 1.65 bits per heavy atom. The molecule has 0 saturated carbocycles. The molecule has 0 bridgehead atoms. The quantitative estimate of drug-likeness (QED) is 0.152. The number of esters is 2. The average Bonchev–Trinajstić information content (AvgIpc) is 3.01. The summed E-state index contributed by atoms with van der Waals surface area (Å²) in [6.07, 6.45) is 3.09. The van der Waals surface area contributed by atoms with Gasteiger partial charge in [-0.2, -0.15) is 0 Å². The minimum Gasteiger partial charge on any atom is -0.465 e. The van der Waals surface area contributed by atoms with Crippen LogP contribution in [0.25, 0.3) is 34.2 Å². The number of methoxy groups -OCH3 is 2. The summed E-state index contributed by atoms with van der Waals surface area (Å²) in [5, 5.41) is 0. The van der Waals surface area contributed by atoms with Crippen LogP contribution < -0.4 is 0 Å². The van der Waals surface area contributed by atoms with Crippen LogP contribution in [0.1, 0.15) is 31.8 Å². The molecular weight excluding hydrogens is 520 g/mol. The number of carbonyl (C=O) groups is 2. The third kappa shape index (κ3) is 6.87. The van der Waals surface area contributed by atoms with Gasteiger partial charge in [0.15, 0.2) is 0 Å². The van der Waals surface area contributed by atoms with Gasteiger partial charge in [0, 0.05) is 12.4 Å². The molecule has 0 unspecified atom stereocenters. The van der Waals surface area contributed by atoms with E-state index in [1.54, 1.807) is 30.5 Å². The molecule has 0 fully saturated rings. The molecular formula is C28H26N4O8. The molecule has 4 rings (SSSR count). The molecule has 206 valence electrons. The van der Waals surface area contributed by atoms with Crippen LogP contribution in [-0.4, -0.2) is 60.3 Å². The summed E-state index contributed by atoms with van der Waals surface area (Å²) in [7, 11) is 5.41. The lowest BCUT2D eigenvalue weighted by molar-refractivity contribution is -0.282. The smallest absolute Gasteiger partial charge is 0.338 e. The van der Waals surface area contributed by atoms with E-state index < -0.39 is 11.9 Å². The van der Waals surface area contributed by atoms with Crippen molar-refractivity contribution < 1.29 is 38.6 Å². The Balaban J connectivity index is 1.86. The first-order valence-corrected chi connectivity index (χ1v) is 11.9. The number of hydrogen-bond acceptors (Lipinski definition) is 12. The second kappa shape index (κ2) is 13.4. The minimum atomic E-state index is -0.583. The zero-order chi connectivity index (χ0) is 28.5. The van der Waals surface area contributed by atoms with Crippen LogP contribution in [0.3, 0.4) is 0 Å². The Kier molecular flexibility index (Phi) is 9.54. The summed E-state index contributed by atoms with van der Waals surface area (Å²) in [4.78, 5) is 62.7. The third-order valence-electron chi connectivity index (χ3n) is 5.61. The van der Waals surface area contributed by atoms with Crippen molar-refractivity contribution in [3.8, 4) is 34.2 Å². The highest BCUT2D eigenvalue weighted by Crippen LogP contribution is 2.28. The number of hydrogen-bond donors (Lipinski definition) is 0. The van der Waals surface area contributed by atoms with Crippen molar-refractivity contribution in [2.45, 2.75) is 13.2 Å². The van der Waals surface area contributed by atoms with Gasteiger partial charge < -0.3 is 9.47 Å². The average molecular weight is 547 g/mol. The molecule has 0 aliphatic carbocycles. The first-order valence-electron chi connectivity index (χ1n) is 11.9. The van der Waals surface area contributed by atoms with Crippen LogP contribution >= 0.6 is 0 Å². The second-order valence-electron chi connectivity index (χ2n) is 8.19. The van der Waals surface area contributed by atoms with E-state index in [-0.39, 0.29) is 24.3 Å². The van der Waals surface area contributed by atoms with Crippen LogP contribution in [0.15, 0.2) is 60.9 Å². The van der Waals surface area contributed by atoms with Crippen LogP contribution in [-0.2, 0) is 42.2 Å². The van der Waals surface area contributed by atoms with Crippen molar-refractivity contribution in [1.29, 1.82) is 0 Å². The monoisotopic (exact) mass is 546 g/mol. The lowest BCUT2D eigenvalue weighted by Crippen LogP contribution is -2.06. The molecule has 40 heavy (non-hydrogen) atoms. The largest absolute Gasteiger partial charge is 0.465 e. The summed E-state index contributed by atoms with van der Waals surface area (Å²) < 4.78 is 9.78. The predicted octanol–water partition coefficient (Wildman–Crippen LogP) is 4.00. The summed E-state index contributed by atoms with van der Waals surface area (Å²) in [6.45, 7) is 0.326. The van der Waals surface area contributed by atoms with Crippen molar-refractivity contribution in [3.05, 3.63) is 83.2 Å². The van der Waals surface area contributed by atoms with Gasteiger partial charge in [0.2, 0.25) is 0 Å². The third-order valence-corrected chi connectivity index (χ3v) is 5.61. The Morgan fingerprint density at radius 2 is 1.02 bits per heavy atom. The normalized spacial score (nSPS) is 10.8. The molecule has 0 aromatic carbocycles. The molecule has 0 amide bonds. The Morgan fingerprint density at radius 1 is 0.575 bits per heavy atom. The highest BCUT2D eigenvalue weighted by Gasteiger charge is 2.17. The van der Waals surface area contributed by atoms with Gasteiger partial charge in [-0.3, -0.25) is 9.97 Å². The molecule has 0 aliphatic heterocycles. The second-order valence-corrected chi connectivity index (χ2v) is 8.19. The van der Waals surface area contributed by atoms with Crippen LogP contribution in [0.5, 0.6) is 0 Å². The summed E-state index contributed by atoms with van der Waals surface area (Å²) in [5.74, 6) is -1.11. The number of carbonyl (C=O) groups excluding carboxylic acids is 2. The molecule has 0 spiro atoms. The molecule has 0 atom stereocenters. The van der Waals surface area contributed by atoms with Crippen molar-refractivity contribution in [3.63, 3.8) is 0 Å². The summed E-state index contributed by atoms with van der Waals surface area (Å²) >= 11 is 0. The van der Waals surface area contributed by atoms with Gasteiger partial charge in [0.05, 0.1) is 73.7 Å². The number of nitrogens with zero attached hydrogens (tertiary/aromatic N) is 4. The fourth-order valence-corrected chi connectivity index (χ4v) is 3.74. The van der Waals surface area contributed by atoms with Crippen LogP contribution in [0.4, 0.5) is 0 Å². The summed E-state index contributed by atoms with van der Waals surface area (Å²) in [5.41, 5.74) is 4.54. The van der Waals surface area contributed by atoms with Crippen molar-refractivity contribution in [2.24, 2.45) is 0 Å². The van der Waals surface area contributed by atoms with Gasteiger partial charge in [-0.25, -0.2) is 39.1 Å². The standard InChI is InChI=1S/C28H26N4O8/c1-35-27(33)19-6-8-30-22(12-19)25-13-20(28(34)36-2)14-26(32-25)24-11-18(16-40-38-4)10-23(31-24)21-9-17(5-7-29-21)15-39-37-3/h5-14H,15-16H2,1-4H3. The van der Waals surface area contributed by atoms with E-state index in [0.717, 1.165) is 5.56 Å². The maximum absolute atomic E-state index is 12.6. The van der Waals surface area contributed by atoms with E-state index in [4.69, 9.17) is 39.0 Å². The lowest BCUT2D eigenvalue weighted by Gasteiger charge is -2.12.